The molecule has 1 saturated carbocycles. The molecule has 2 rings (SSSR count). The van der Waals surface area contributed by atoms with E-state index in [0.717, 1.165) is 31.2 Å². The Morgan fingerprint density at radius 2 is 1.67 bits per heavy atom. The van der Waals surface area contributed by atoms with Gasteiger partial charge < -0.3 is 5.11 Å². The fourth-order valence-electron chi connectivity index (χ4n) is 3.39. The number of carbonyl (C=O) groups is 1. The number of carboxylic acid groups (broad SMARTS) is 1. The summed E-state index contributed by atoms with van der Waals surface area (Å²) < 4.78 is 0. The molecule has 1 aromatic rings. The van der Waals surface area contributed by atoms with Crippen LogP contribution in [-0.2, 0) is 10.2 Å². The van der Waals surface area contributed by atoms with E-state index >= 15 is 0 Å². The van der Waals surface area contributed by atoms with Crippen molar-refractivity contribution in [3.63, 3.8) is 0 Å². The van der Waals surface area contributed by atoms with Crippen LogP contribution in [0.25, 0.3) is 0 Å². The SMILES string of the molecule is CC(C)(c1ccccc1)C1(C(=O)O)CCCCC1. The van der Waals surface area contributed by atoms with Gasteiger partial charge in [0.25, 0.3) is 0 Å². The smallest absolute Gasteiger partial charge is 0.310 e. The van der Waals surface area contributed by atoms with Crippen LogP contribution in [0.15, 0.2) is 30.3 Å². The first-order valence-corrected chi connectivity index (χ1v) is 6.80. The Kier molecular flexibility index (Phi) is 3.47. The van der Waals surface area contributed by atoms with Crippen LogP contribution in [-0.4, -0.2) is 11.1 Å². The maximum atomic E-state index is 11.9. The molecule has 98 valence electrons. The van der Waals surface area contributed by atoms with Crippen LogP contribution in [0.4, 0.5) is 0 Å². The van der Waals surface area contributed by atoms with Gasteiger partial charge >= 0.3 is 5.97 Å². The molecule has 0 heterocycles. The lowest BCUT2D eigenvalue weighted by Crippen LogP contribution is -2.48. The van der Waals surface area contributed by atoms with Crippen LogP contribution in [0.1, 0.15) is 51.5 Å². The van der Waals surface area contributed by atoms with E-state index in [1.165, 1.54) is 6.42 Å². The highest BCUT2D eigenvalue weighted by Crippen LogP contribution is 2.51. The highest BCUT2D eigenvalue weighted by Gasteiger charge is 2.52. The first kappa shape index (κ1) is 13.1. The fourth-order valence-corrected chi connectivity index (χ4v) is 3.39. The molecule has 0 aromatic heterocycles. The van der Waals surface area contributed by atoms with E-state index in [1.54, 1.807) is 0 Å². The van der Waals surface area contributed by atoms with Crippen molar-refractivity contribution in [3.05, 3.63) is 35.9 Å². The topological polar surface area (TPSA) is 37.3 Å². The van der Waals surface area contributed by atoms with Gasteiger partial charge in [0.2, 0.25) is 0 Å². The molecule has 0 atom stereocenters. The van der Waals surface area contributed by atoms with Crippen molar-refractivity contribution in [1.82, 2.24) is 0 Å². The third kappa shape index (κ3) is 1.94. The second kappa shape index (κ2) is 4.75. The summed E-state index contributed by atoms with van der Waals surface area (Å²) in [5.74, 6) is -0.629. The second-order valence-electron chi connectivity index (χ2n) is 5.94. The highest BCUT2D eigenvalue weighted by molar-refractivity contribution is 5.77. The molecule has 0 radical (unpaired) electrons. The molecule has 0 unspecified atom stereocenters. The minimum Gasteiger partial charge on any atom is -0.481 e. The Balaban J connectivity index is 2.44. The molecule has 0 spiro atoms. The lowest BCUT2D eigenvalue weighted by atomic mass is 9.56. The van der Waals surface area contributed by atoms with Crippen LogP contribution in [0.3, 0.4) is 0 Å². The zero-order valence-corrected chi connectivity index (χ0v) is 11.3. The summed E-state index contributed by atoms with van der Waals surface area (Å²) in [7, 11) is 0. The normalized spacial score (nSPS) is 19.4. The van der Waals surface area contributed by atoms with Crippen LogP contribution < -0.4 is 0 Å². The fraction of sp³-hybridized carbons (Fsp3) is 0.562. The van der Waals surface area contributed by atoms with Gasteiger partial charge in [-0.25, -0.2) is 0 Å². The molecule has 1 aromatic carbocycles. The first-order chi connectivity index (χ1) is 8.51. The molecule has 1 N–H and O–H groups in total. The third-order valence-corrected chi connectivity index (χ3v) is 4.81. The number of rotatable bonds is 3. The van der Waals surface area contributed by atoms with Crippen LogP contribution in [0.5, 0.6) is 0 Å². The maximum absolute atomic E-state index is 11.9. The Hall–Kier alpha value is -1.31. The van der Waals surface area contributed by atoms with Crippen molar-refractivity contribution < 1.29 is 9.90 Å². The van der Waals surface area contributed by atoms with E-state index in [4.69, 9.17) is 0 Å². The second-order valence-corrected chi connectivity index (χ2v) is 5.94. The van der Waals surface area contributed by atoms with Gasteiger partial charge in [0.05, 0.1) is 5.41 Å². The lowest BCUT2D eigenvalue weighted by molar-refractivity contribution is -0.156. The average molecular weight is 246 g/mol. The van der Waals surface area contributed by atoms with Crippen molar-refractivity contribution in [2.75, 3.05) is 0 Å². The van der Waals surface area contributed by atoms with E-state index in [2.05, 4.69) is 26.0 Å². The summed E-state index contributed by atoms with van der Waals surface area (Å²) in [5, 5.41) is 9.79. The number of hydrogen-bond donors (Lipinski definition) is 1. The van der Waals surface area contributed by atoms with Gasteiger partial charge in [-0.15, -0.1) is 0 Å². The Morgan fingerprint density at radius 1 is 1.11 bits per heavy atom. The summed E-state index contributed by atoms with van der Waals surface area (Å²) >= 11 is 0. The molecular formula is C16H22O2. The number of carboxylic acids is 1. The summed E-state index contributed by atoms with van der Waals surface area (Å²) in [5.41, 5.74) is 0.210. The summed E-state index contributed by atoms with van der Waals surface area (Å²) in [6.45, 7) is 4.17. The number of benzene rings is 1. The molecule has 0 amide bonds. The van der Waals surface area contributed by atoms with Crippen molar-refractivity contribution in [1.29, 1.82) is 0 Å². The van der Waals surface area contributed by atoms with Gasteiger partial charge in [-0.2, -0.15) is 0 Å². The lowest BCUT2D eigenvalue weighted by Gasteiger charge is -2.46. The van der Waals surface area contributed by atoms with Gasteiger partial charge in [0.15, 0.2) is 0 Å². The molecule has 0 aliphatic heterocycles. The van der Waals surface area contributed by atoms with E-state index in [1.807, 2.05) is 18.2 Å². The van der Waals surface area contributed by atoms with E-state index < -0.39 is 11.4 Å². The van der Waals surface area contributed by atoms with E-state index in [0.29, 0.717) is 0 Å². The largest absolute Gasteiger partial charge is 0.481 e. The molecule has 1 aliphatic rings. The molecule has 1 aliphatic carbocycles. The van der Waals surface area contributed by atoms with Crippen LogP contribution >= 0.6 is 0 Å². The molecular weight excluding hydrogens is 224 g/mol. The van der Waals surface area contributed by atoms with Gasteiger partial charge in [0, 0.05) is 5.41 Å². The molecule has 2 heteroatoms. The summed E-state index contributed by atoms with van der Waals surface area (Å²) in [4.78, 5) is 11.9. The van der Waals surface area contributed by atoms with Gasteiger partial charge in [-0.05, 0) is 18.4 Å². The van der Waals surface area contributed by atoms with Crippen LogP contribution in [0, 0.1) is 5.41 Å². The maximum Gasteiger partial charge on any atom is 0.310 e. The average Bonchev–Trinajstić information content (AvgIpc) is 2.40. The van der Waals surface area contributed by atoms with E-state index in [9.17, 15) is 9.90 Å². The van der Waals surface area contributed by atoms with Gasteiger partial charge in [0.1, 0.15) is 0 Å². The zero-order chi connectivity index (χ0) is 13.2. The molecule has 2 nitrogen and oxygen atoms in total. The number of hydrogen-bond acceptors (Lipinski definition) is 1. The first-order valence-electron chi connectivity index (χ1n) is 6.80. The van der Waals surface area contributed by atoms with Crippen LogP contribution in [0.2, 0.25) is 0 Å². The molecule has 0 saturated heterocycles. The van der Waals surface area contributed by atoms with Crippen molar-refractivity contribution in [3.8, 4) is 0 Å². The van der Waals surface area contributed by atoms with Crippen molar-refractivity contribution >= 4 is 5.97 Å². The minimum atomic E-state index is -0.629. The summed E-state index contributed by atoms with van der Waals surface area (Å²) in [6.07, 6.45) is 4.82. The molecule has 18 heavy (non-hydrogen) atoms. The van der Waals surface area contributed by atoms with Crippen molar-refractivity contribution in [2.45, 2.75) is 51.4 Å². The quantitative estimate of drug-likeness (QED) is 0.875. The Bertz CT molecular complexity index is 414. The third-order valence-electron chi connectivity index (χ3n) is 4.81. The van der Waals surface area contributed by atoms with E-state index in [-0.39, 0.29) is 5.41 Å². The van der Waals surface area contributed by atoms with Crippen molar-refractivity contribution in [2.24, 2.45) is 5.41 Å². The Labute approximate surface area is 109 Å². The highest BCUT2D eigenvalue weighted by atomic mass is 16.4. The minimum absolute atomic E-state index is 0.319. The standard InChI is InChI=1S/C16H22O2/c1-15(2,13-9-5-3-6-10-13)16(14(17)18)11-7-4-8-12-16/h3,5-6,9-10H,4,7-8,11-12H2,1-2H3,(H,17,18). The molecule has 1 fully saturated rings. The molecule has 0 bridgehead atoms. The predicted molar refractivity (Wildman–Crippen MR) is 72.6 cm³/mol. The number of aliphatic carboxylic acids is 1. The Morgan fingerprint density at radius 3 is 2.17 bits per heavy atom. The zero-order valence-electron chi connectivity index (χ0n) is 11.3. The predicted octanol–water partition coefficient (Wildman–Crippen LogP) is 4.00. The van der Waals surface area contributed by atoms with Gasteiger partial charge in [-0.3, -0.25) is 4.79 Å². The van der Waals surface area contributed by atoms with Gasteiger partial charge in [-0.1, -0.05) is 63.4 Å². The summed E-state index contributed by atoms with van der Waals surface area (Å²) in [6, 6.07) is 10.1. The monoisotopic (exact) mass is 246 g/mol.